The number of aryl methyl sites for hydroxylation is 1. The van der Waals surface area contributed by atoms with E-state index in [1.54, 1.807) is 6.92 Å². The van der Waals surface area contributed by atoms with Crippen LogP contribution >= 0.6 is 0 Å². The first-order chi connectivity index (χ1) is 8.91. The average Bonchev–Trinajstić information content (AvgIpc) is 2.76. The maximum Gasteiger partial charge on any atom is 0.260 e. The monoisotopic (exact) mass is 285 g/mol. The molecule has 1 atom stereocenters. The summed E-state index contributed by atoms with van der Waals surface area (Å²) in [6, 6.07) is -0.222. The standard InChI is InChI=1S/C12H19N3O3S/c1-9(16)7-11-5-3-4-6-15(11)19(17,18)12-8-13-10(2)14-12/h8,11H,3-7H2,1-2H3,(H,13,14). The summed E-state index contributed by atoms with van der Waals surface area (Å²) < 4.78 is 26.5. The number of imidazole rings is 1. The van der Waals surface area contributed by atoms with Gasteiger partial charge in [0.15, 0.2) is 5.03 Å². The summed E-state index contributed by atoms with van der Waals surface area (Å²) in [6.07, 6.45) is 4.16. The topological polar surface area (TPSA) is 83.1 Å². The molecule has 0 aromatic carbocycles. The predicted octanol–water partition coefficient (Wildman–Crippen LogP) is 1.24. The SMILES string of the molecule is CC(=O)CC1CCCCN1S(=O)(=O)c1cnc(C)[nH]1. The van der Waals surface area contributed by atoms with Crippen molar-refractivity contribution in [3.8, 4) is 0 Å². The van der Waals surface area contributed by atoms with Gasteiger partial charge in [0.25, 0.3) is 10.0 Å². The maximum absolute atomic E-state index is 12.5. The number of rotatable bonds is 4. The fourth-order valence-electron chi connectivity index (χ4n) is 2.48. The molecule has 0 radical (unpaired) electrons. The van der Waals surface area contributed by atoms with E-state index in [0.29, 0.717) is 12.4 Å². The van der Waals surface area contributed by atoms with Gasteiger partial charge in [-0.3, -0.25) is 4.79 Å². The molecule has 1 N–H and O–H groups in total. The van der Waals surface area contributed by atoms with Crippen LogP contribution in [0.15, 0.2) is 11.2 Å². The molecular formula is C12H19N3O3S. The fourth-order valence-corrected chi connectivity index (χ4v) is 4.14. The van der Waals surface area contributed by atoms with Gasteiger partial charge in [0.2, 0.25) is 0 Å². The van der Waals surface area contributed by atoms with Gasteiger partial charge >= 0.3 is 0 Å². The van der Waals surface area contributed by atoms with Crippen molar-refractivity contribution in [3.05, 3.63) is 12.0 Å². The summed E-state index contributed by atoms with van der Waals surface area (Å²) in [4.78, 5) is 18.0. The van der Waals surface area contributed by atoms with Crippen molar-refractivity contribution in [2.24, 2.45) is 0 Å². The zero-order chi connectivity index (χ0) is 14.0. The Morgan fingerprint density at radius 2 is 2.26 bits per heavy atom. The molecule has 1 aromatic rings. The van der Waals surface area contributed by atoms with Gasteiger partial charge in [0.1, 0.15) is 11.6 Å². The molecule has 1 fully saturated rings. The largest absolute Gasteiger partial charge is 0.332 e. The van der Waals surface area contributed by atoms with E-state index in [1.165, 1.54) is 17.4 Å². The summed E-state index contributed by atoms with van der Waals surface area (Å²) in [5.74, 6) is 0.589. The first-order valence-electron chi connectivity index (χ1n) is 6.44. The van der Waals surface area contributed by atoms with Crippen LogP contribution in [0.25, 0.3) is 0 Å². The van der Waals surface area contributed by atoms with Crippen molar-refractivity contribution in [1.29, 1.82) is 0 Å². The molecule has 0 bridgehead atoms. The van der Waals surface area contributed by atoms with Gasteiger partial charge in [-0.15, -0.1) is 0 Å². The fraction of sp³-hybridized carbons (Fsp3) is 0.667. The number of hydrogen-bond donors (Lipinski definition) is 1. The molecule has 0 saturated carbocycles. The van der Waals surface area contributed by atoms with Crippen molar-refractivity contribution in [1.82, 2.24) is 14.3 Å². The highest BCUT2D eigenvalue weighted by molar-refractivity contribution is 7.89. The number of nitrogens with one attached hydrogen (secondary N) is 1. The zero-order valence-electron chi connectivity index (χ0n) is 11.2. The minimum atomic E-state index is -3.57. The number of aromatic amines is 1. The molecule has 1 unspecified atom stereocenters. The van der Waals surface area contributed by atoms with E-state index >= 15 is 0 Å². The lowest BCUT2D eigenvalue weighted by Crippen LogP contribution is -2.44. The van der Waals surface area contributed by atoms with Crippen LogP contribution in [0.3, 0.4) is 0 Å². The summed E-state index contributed by atoms with van der Waals surface area (Å²) in [7, 11) is -3.57. The minimum Gasteiger partial charge on any atom is -0.332 e. The van der Waals surface area contributed by atoms with Crippen LogP contribution < -0.4 is 0 Å². The second-order valence-electron chi connectivity index (χ2n) is 5.00. The van der Waals surface area contributed by atoms with E-state index < -0.39 is 10.0 Å². The second kappa shape index (κ2) is 5.42. The molecule has 1 aliphatic heterocycles. The lowest BCUT2D eigenvalue weighted by Gasteiger charge is -2.33. The Morgan fingerprint density at radius 3 is 2.84 bits per heavy atom. The average molecular weight is 285 g/mol. The normalized spacial score (nSPS) is 21.5. The summed E-state index contributed by atoms with van der Waals surface area (Å²) in [6.45, 7) is 3.68. The van der Waals surface area contributed by atoms with Crippen molar-refractivity contribution in [2.75, 3.05) is 6.54 Å². The van der Waals surface area contributed by atoms with Crippen LogP contribution in [-0.4, -0.2) is 41.1 Å². The van der Waals surface area contributed by atoms with Crippen LogP contribution in [0.4, 0.5) is 0 Å². The van der Waals surface area contributed by atoms with Crippen molar-refractivity contribution in [2.45, 2.75) is 50.6 Å². The Kier molecular flexibility index (Phi) is 4.05. The lowest BCUT2D eigenvalue weighted by atomic mass is 10.0. The number of H-pyrrole nitrogens is 1. The van der Waals surface area contributed by atoms with Gasteiger partial charge < -0.3 is 4.98 Å². The number of hydrogen-bond acceptors (Lipinski definition) is 4. The Hall–Kier alpha value is -1.21. The van der Waals surface area contributed by atoms with E-state index in [1.807, 2.05) is 0 Å². The minimum absolute atomic E-state index is 0.0212. The summed E-state index contributed by atoms with van der Waals surface area (Å²) in [5.41, 5.74) is 0. The van der Waals surface area contributed by atoms with E-state index in [2.05, 4.69) is 9.97 Å². The summed E-state index contributed by atoms with van der Waals surface area (Å²) in [5, 5.41) is 0.112. The second-order valence-corrected chi connectivity index (χ2v) is 6.86. The molecule has 1 aliphatic rings. The van der Waals surface area contributed by atoms with Crippen molar-refractivity contribution < 1.29 is 13.2 Å². The molecule has 0 aliphatic carbocycles. The van der Waals surface area contributed by atoms with Gasteiger partial charge in [-0.25, -0.2) is 13.4 Å². The number of carbonyl (C=O) groups excluding carboxylic acids is 1. The van der Waals surface area contributed by atoms with E-state index in [-0.39, 0.29) is 23.3 Å². The molecule has 106 valence electrons. The third kappa shape index (κ3) is 3.03. The highest BCUT2D eigenvalue weighted by Crippen LogP contribution is 2.26. The van der Waals surface area contributed by atoms with E-state index in [0.717, 1.165) is 19.3 Å². The third-order valence-corrected chi connectivity index (χ3v) is 5.22. The van der Waals surface area contributed by atoms with Gasteiger partial charge in [-0.05, 0) is 26.7 Å². The molecule has 2 heterocycles. The third-order valence-electron chi connectivity index (χ3n) is 3.36. The Bertz CT molecular complexity index is 565. The lowest BCUT2D eigenvalue weighted by molar-refractivity contribution is -0.118. The van der Waals surface area contributed by atoms with Gasteiger partial charge in [-0.2, -0.15) is 4.31 Å². The quantitative estimate of drug-likeness (QED) is 0.902. The molecular weight excluding hydrogens is 266 g/mol. The Labute approximate surface area is 113 Å². The number of carbonyl (C=O) groups is 1. The van der Waals surface area contributed by atoms with Crippen molar-refractivity contribution in [3.63, 3.8) is 0 Å². The van der Waals surface area contributed by atoms with Crippen LogP contribution in [0.5, 0.6) is 0 Å². The van der Waals surface area contributed by atoms with E-state index in [9.17, 15) is 13.2 Å². The number of sulfonamides is 1. The van der Waals surface area contributed by atoms with Crippen LogP contribution in [0.2, 0.25) is 0 Å². The molecule has 7 heteroatoms. The molecule has 19 heavy (non-hydrogen) atoms. The number of piperidine rings is 1. The Morgan fingerprint density at radius 1 is 1.53 bits per heavy atom. The summed E-state index contributed by atoms with van der Waals surface area (Å²) >= 11 is 0. The van der Waals surface area contributed by atoms with Gasteiger partial charge in [0.05, 0.1) is 6.20 Å². The first kappa shape index (κ1) is 14.2. The van der Waals surface area contributed by atoms with E-state index in [4.69, 9.17) is 0 Å². The number of ketones is 1. The first-order valence-corrected chi connectivity index (χ1v) is 7.88. The van der Waals surface area contributed by atoms with Gasteiger partial charge in [0, 0.05) is 19.0 Å². The number of Topliss-reactive ketones (excluding diaryl/α,β-unsaturated/α-hetero) is 1. The smallest absolute Gasteiger partial charge is 0.260 e. The van der Waals surface area contributed by atoms with Crippen molar-refractivity contribution >= 4 is 15.8 Å². The van der Waals surface area contributed by atoms with Crippen LogP contribution in [0.1, 0.15) is 38.4 Å². The molecule has 0 amide bonds. The van der Waals surface area contributed by atoms with Crippen LogP contribution in [-0.2, 0) is 14.8 Å². The Balaban J connectivity index is 2.28. The maximum atomic E-state index is 12.5. The number of nitrogens with zero attached hydrogens (tertiary/aromatic N) is 2. The molecule has 2 rings (SSSR count). The highest BCUT2D eigenvalue weighted by Gasteiger charge is 2.34. The molecule has 1 saturated heterocycles. The molecule has 6 nitrogen and oxygen atoms in total. The van der Waals surface area contributed by atoms with Gasteiger partial charge in [-0.1, -0.05) is 6.42 Å². The molecule has 1 aromatic heterocycles. The zero-order valence-corrected chi connectivity index (χ0v) is 12.0. The predicted molar refractivity (Wildman–Crippen MR) is 70.2 cm³/mol. The highest BCUT2D eigenvalue weighted by atomic mass is 32.2. The molecule has 0 spiro atoms. The number of aromatic nitrogens is 2. The van der Waals surface area contributed by atoms with Crippen LogP contribution in [0, 0.1) is 6.92 Å².